The number of nitrogens with zero attached hydrogens (tertiary/aromatic N) is 4. The number of hydrogen-bond donors (Lipinski definition) is 4. The zero-order valence-electron chi connectivity index (χ0n) is 55.1. The minimum atomic E-state index is -1.53. The third kappa shape index (κ3) is 21.5. The highest BCUT2D eigenvalue weighted by atomic mass is 16.5. The molecule has 0 aliphatic carbocycles. The van der Waals surface area contributed by atoms with Gasteiger partial charge >= 0.3 is 17.9 Å². The Balaban J connectivity index is 1.34. The maximum Gasteiger partial charge on any atom is 0.341 e. The zero-order valence-corrected chi connectivity index (χ0v) is 55.1. The Hall–Kier alpha value is -9.61. The molecule has 4 aromatic rings. The fraction of sp³-hybridized carbons (Fsp3) is 0.471. The maximum atomic E-state index is 15.1. The fourth-order valence-electron chi connectivity index (χ4n) is 10.9. The molecule has 24 nitrogen and oxygen atoms in total. The van der Waals surface area contributed by atoms with Crippen molar-refractivity contribution < 1.29 is 81.5 Å². The van der Waals surface area contributed by atoms with Crippen molar-refractivity contribution in [3.63, 3.8) is 0 Å². The van der Waals surface area contributed by atoms with E-state index in [2.05, 4.69) is 16.0 Å². The lowest BCUT2D eigenvalue weighted by molar-refractivity contribution is -0.165. The van der Waals surface area contributed by atoms with Crippen LogP contribution in [0.25, 0.3) is 0 Å². The number of amides is 7. The molecule has 2 aliphatic rings. The molecule has 0 saturated carbocycles. The van der Waals surface area contributed by atoms with Crippen molar-refractivity contribution in [2.24, 2.45) is 11.3 Å². The monoisotopic (exact) mass is 1300 g/mol. The first-order valence-corrected chi connectivity index (χ1v) is 31.7. The highest BCUT2D eigenvalue weighted by Crippen LogP contribution is 2.33. The number of carboxylic acids is 1. The highest BCUT2D eigenvalue weighted by molar-refractivity contribution is 6.38. The summed E-state index contributed by atoms with van der Waals surface area (Å²) in [5, 5.41) is 17.6. The van der Waals surface area contributed by atoms with Gasteiger partial charge in [0.25, 0.3) is 5.91 Å². The number of methoxy groups -OCH3 is 2. The number of hydrogen-bond acceptors (Lipinski definition) is 16. The molecule has 4 aromatic carbocycles. The average molecular weight is 1300 g/mol. The number of anilines is 1. The van der Waals surface area contributed by atoms with Gasteiger partial charge in [0.2, 0.25) is 41.2 Å². The van der Waals surface area contributed by atoms with E-state index in [1.165, 1.54) is 72.9 Å². The van der Waals surface area contributed by atoms with E-state index in [9.17, 15) is 53.1 Å². The van der Waals surface area contributed by atoms with Crippen molar-refractivity contribution in [3.05, 3.63) is 131 Å². The van der Waals surface area contributed by atoms with E-state index in [-0.39, 0.29) is 69.8 Å². The van der Waals surface area contributed by atoms with E-state index < -0.39 is 127 Å². The molecule has 0 spiro atoms. The minimum absolute atomic E-state index is 0.0506. The second kappa shape index (κ2) is 35.4. The van der Waals surface area contributed by atoms with E-state index in [1.54, 1.807) is 92.8 Å². The largest absolute Gasteiger partial charge is 0.493 e. The Morgan fingerprint density at radius 2 is 1.47 bits per heavy atom. The molecule has 4 N–H and O–H groups in total. The first-order valence-electron chi connectivity index (χ1n) is 31.7. The Labute approximate surface area is 549 Å². The Bertz CT molecular complexity index is 3350. The van der Waals surface area contributed by atoms with E-state index in [1.807, 2.05) is 19.9 Å². The number of aryl methyl sites for hydroxylation is 1. The molecule has 0 aromatic heterocycles. The molecule has 2 bridgehead atoms. The predicted octanol–water partition coefficient (Wildman–Crippen LogP) is 6.74. The molecule has 0 unspecified atom stereocenters. The van der Waals surface area contributed by atoms with Crippen LogP contribution in [0, 0.1) is 11.3 Å². The number of nitrogens with one attached hydrogen (secondary N) is 3. The number of cyclic esters (lactones) is 2. The van der Waals surface area contributed by atoms with Gasteiger partial charge in [-0.25, -0.2) is 14.4 Å². The van der Waals surface area contributed by atoms with Crippen LogP contribution in [0.4, 0.5) is 5.69 Å². The second-order valence-corrected chi connectivity index (χ2v) is 24.5. The number of carbonyl (C=O) groups excluding carboxylic acids is 10. The normalized spacial score (nSPS) is 20.9. The molecule has 94 heavy (non-hydrogen) atoms. The molecule has 506 valence electrons. The van der Waals surface area contributed by atoms with E-state index in [0.717, 1.165) is 11.6 Å². The molecule has 7 amide bonds. The van der Waals surface area contributed by atoms with Gasteiger partial charge in [-0.2, -0.15) is 0 Å². The summed E-state index contributed by atoms with van der Waals surface area (Å²) in [4.78, 5) is 159. The number of Topliss-reactive ketones (excluding diaryl/α,β-unsaturated/α-hetero) is 1. The Morgan fingerprint density at radius 3 is 2.15 bits per heavy atom. The van der Waals surface area contributed by atoms with Gasteiger partial charge in [-0.1, -0.05) is 87.5 Å². The number of ether oxygens (including phenoxy) is 5. The summed E-state index contributed by atoms with van der Waals surface area (Å²) in [6.45, 7) is 7.16. The fourth-order valence-corrected chi connectivity index (χ4v) is 10.9. The van der Waals surface area contributed by atoms with Crippen LogP contribution in [-0.4, -0.2) is 176 Å². The average Bonchev–Trinajstić information content (AvgIpc) is 0.847. The SMILES string of the molecule is CCCN1CC(=O)N(C)[C@@H](CC(C)C)C(=O)N(C)CCC=CC(=O)OCC(C)(C)C(=O)C(=O)N2CCCC[C@H]2C(=O)O[C@H](CCc2ccc(OC)c(OC)c2)c2cccc(c2)NC(=O)CCC(=O)N[C@@H](c2ccccc2)C(=O)N[C@@H](Cc2ccc(OCC(=O)O)cc2)C1=O. The molecule has 5 atom stereocenters. The van der Waals surface area contributed by atoms with Gasteiger partial charge in [0.1, 0.15) is 42.6 Å². The molecule has 6 rings (SSSR count). The first-order chi connectivity index (χ1) is 44.8. The zero-order chi connectivity index (χ0) is 68.6. The van der Waals surface area contributed by atoms with Crippen molar-refractivity contribution >= 4 is 70.7 Å². The van der Waals surface area contributed by atoms with Crippen LogP contribution in [0.15, 0.2) is 109 Å². The van der Waals surface area contributed by atoms with E-state index in [0.29, 0.717) is 59.6 Å². The molecular weight excluding hydrogens is 1210 g/mol. The van der Waals surface area contributed by atoms with Crippen molar-refractivity contribution in [2.75, 3.05) is 73.0 Å². The number of likely N-dealkylation sites (N-methyl/N-ethyl adjacent to an activating group) is 2. The summed E-state index contributed by atoms with van der Waals surface area (Å²) in [5.41, 5.74) is 0.886. The van der Waals surface area contributed by atoms with Crippen LogP contribution in [0.2, 0.25) is 0 Å². The van der Waals surface area contributed by atoms with Gasteiger partial charge in [-0.15, -0.1) is 0 Å². The Kier molecular flexibility index (Phi) is 27.7. The Morgan fingerprint density at radius 1 is 0.777 bits per heavy atom. The molecule has 2 aliphatic heterocycles. The molecule has 2 heterocycles. The number of rotatable bonds is 15. The first kappa shape index (κ1) is 73.4. The lowest BCUT2D eigenvalue weighted by atomic mass is 9.87. The number of piperidine rings is 1. The van der Waals surface area contributed by atoms with Crippen LogP contribution in [0.3, 0.4) is 0 Å². The van der Waals surface area contributed by atoms with Crippen molar-refractivity contribution in [1.29, 1.82) is 0 Å². The summed E-state index contributed by atoms with van der Waals surface area (Å²) in [6, 6.07) is 21.5. The third-order valence-electron chi connectivity index (χ3n) is 16.2. The number of carbonyl (C=O) groups is 11. The summed E-state index contributed by atoms with van der Waals surface area (Å²) in [6.07, 6.45) is 3.36. The van der Waals surface area contributed by atoms with Crippen molar-refractivity contribution in [3.8, 4) is 17.2 Å². The molecule has 24 heteroatoms. The van der Waals surface area contributed by atoms with Gasteiger partial charge in [-0.3, -0.25) is 38.4 Å². The number of carboxylic acid groups (broad SMARTS) is 1. The number of fused-ring (bicyclic) bond motifs is 3. The summed E-state index contributed by atoms with van der Waals surface area (Å²) in [7, 11) is 6.06. The van der Waals surface area contributed by atoms with Crippen LogP contribution < -0.4 is 30.2 Å². The second-order valence-electron chi connectivity index (χ2n) is 24.5. The standard InChI is InChI=1S/C70H89N7O17/c1-10-35-76-42-60(80)75(7)54(38-45(2)3)67(87)74(6)36-16-15-24-62(83)93-44-70(4,5)64(84)68(88)77-37-17-14-23-53(77)69(89)94-55(31-27-47-28-32-56(90-8)57(40-47)91-9)49-21-18-22-50(41-49)71-58(78)33-34-59(79)73-63(48-19-12-11-13-20-48)65(85)72-52(66(76)86)39-46-25-29-51(30-26-46)92-43-61(81)82/h11-13,15,18-22,24-26,28-30,32,40-41,45,52-55,63H,10,14,16-17,23,27,31,33-39,42-44H2,1-9H3,(H,71,78)(H,72,85)(H,73,79)(H,81,82)/t52-,53-,54-,55+,63-/m0/s1. The minimum Gasteiger partial charge on any atom is -0.493 e. The van der Waals surface area contributed by atoms with Gasteiger partial charge in [0, 0.05) is 64.8 Å². The van der Waals surface area contributed by atoms with E-state index >= 15 is 4.79 Å². The lowest BCUT2D eigenvalue weighted by Gasteiger charge is -2.36. The number of aliphatic carboxylic acids is 1. The lowest BCUT2D eigenvalue weighted by Crippen LogP contribution is -2.56. The van der Waals surface area contributed by atoms with Crippen LogP contribution >= 0.6 is 0 Å². The summed E-state index contributed by atoms with van der Waals surface area (Å²) >= 11 is 0. The van der Waals surface area contributed by atoms with Crippen LogP contribution in [-0.2, 0) is 75.1 Å². The predicted molar refractivity (Wildman–Crippen MR) is 347 cm³/mol. The van der Waals surface area contributed by atoms with Crippen LogP contribution in [0.5, 0.6) is 17.2 Å². The van der Waals surface area contributed by atoms with Crippen molar-refractivity contribution in [2.45, 2.75) is 136 Å². The molecule has 1 fully saturated rings. The number of ketones is 1. The van der Waals surface area contributed by atoms with Gasteiger partial charge in [0.05, 0.1) is 26.2 Å². The summed E-state index contributed by atoms with van der Waals surface area (Å²) < 4.78 is 28.1. The maximum absolute atomic E-state index is 15.1. The molecular formula is C70H89N7O17. The highest BCUT2D eigenvalue weighted by Gasteiger charge is 2.43. The van der Waals surface area contributed by atoms with Gasteiger partial charge in [-0.05, 0) is 130 Å². The van der Waals surface area contributed by atoms with Crippen molar-refractivity contribution in [1.82, 2.24) is 30.2 Å². The third-order valence-corrected chi connectivity index (χ3v) is 16.2. The molecule has 1 saturated heterocycles. The van der Waals surface area contributed by atoms with E-state index in [4.69, 9.17) is 23.7 Å². The quantitative estimate of drug-likeness (QED) is 0.0707. The number of benzene rings is 4. The van der Waals surface area contributed by atoms with Crippen LogP contribution in [0.1, 0.15) is 127 Å². The van der Waals surface area contributed by atoms with Gasteiger partial charge < -0.3 is 64.3 Å². The number of esters is 2. The van der Waals surface area contributed by atoms with Gasteiger partial charge in [0.15, 0.2) is 18.1 Å². The smallest absolute Gasteiger partial charge is 0.341 e. The molecule has 0 radical (unpaired) electrons. The topological polar surface area (TPSA) is 303 Å². The summed E-state index contributed by atoms with van der Waals surface area (Å²) in [5.74, 6) is -7.21.